The molecule has 2 aromatic rings. The molecule has 0 spiro atoms. The van der Waals surface area contributed by atoms with Gasteiger partial charge in [0.2, 0.25) is 0 Å². The number of hydrazone groups is 1. The maximum Gasteiger partial charge on any atom is 0.147 e. The number of piperidine rings is 1. The van der Waals surface area contributed by atoms with Crippen molar-refractivity contribution in [3.05, 3.63) is 48.0 Å². The monoisotopic (exact) mass is 300 g/mol. The summed E-state index contributed by atoms with van der Waals surface area (Å²) in [5.41, 5.74) is 0.862. The largest absolute Gasteiger partial charge is 0.455 e. The van der Waals surface area contributed by atoms with E-state index in [9.17, 15) is 4.39 Å². The Balaban J connectivity index is 1.73. The summed E-state index contributed by atoms with van der Waals surface area (Å²) in [5, 5.41) is 6.75. The fourth-order valence-corrected chi connectivity index (χ4v) is 2.95. The Labute approximate surface area is 130 Å². The molecule has 3 nitrogen and oxygen atoms in total. The first kappa shape index (κ1) is 14.8. The molecule has 1 aromatic carbocycles. The standard InChI is InChI=1S/C18H21FN2O/c1-13-4-3-5-14(2)21(13)20-12-17-10-11-18(22-17)15-6-8-16(19)9-7-15/h6-14H,3-5H2,1-2H3. The summed E-state index contributed by atoms with van der Waals surface area (Å²) in [6.07, 6.45) is 5.40. The predicted octanol–water partition coefficient (Wildman–Crippen LogP) is 4.68. The van der Waals surface area contributed by atoms with Crippen LogP contribution in [0.25, 0.3) is 11.3 Å². The van der Waals surface area contributed by atoms with Crippen molar-refractivity contribution in [1.29, 1.82) is 0 Å². The van der Waals surface area contributed by atoms with E-state index in [0.29, 0.717) is 17.8 Å². The van der Waals surface area contributed by atoms with Crippen LogP contribution in [0.4, 0.5) is 4.39 Å². The van der Waals surface area contributed by atoms with E-state index in [1.165, 1.54) is 31.4 Å². The van der Waals surface area contributed by atoms with E-state index < -0.39 is 0 Å². The molecule has 1 aliphatic heterocycles. The second-order valence-corrected chi connectivity index (χ2v) is 5.96. The van der Waals surface area contributed by atoms with E-state index in [-0.39, 0.29) is 5.82 Å². The van der Waals surface area contributed by atoms with Gasteiger partial charge >= 0.3 is 0 Å². The SMILES string of the molecule is CC1CCCC(C)N1N=Cc1ccc(-c2ccc(F)cc2)o1. The smallest absolute Gasteiger partial charge is 0.147 e. The molecule has 4 heteroatoms. The molecule has 116 valence electrons. The fraction of sp³-hybridized carbons (Fsp3) is 0.389. The number of rotatable bonds is 3. The predicted molar refractivity (Wildman–Crippen MR) is 86.3 cm³/mol. The summed E-state index contributed by atoms with van der Waals surface area (Å²) >= 11 is 0. The Hall–Kier alpha value is -2.10. The molecule has 0 N–H and O–H groups in total. The topological polar surface area (TPSA) is 28.7 Å². The minimum atomic E-state index is -0.245. The van der Waals surface area contributed by atoms with Crippen LogP contribution in [0.1, 0.15) is 38.9 Å². The molecule has 1 saturated heterocycles. The van der Waals surface area contributed by atoms with Crippen LogP contribution < -0.4 is 0 Å². The summed E-state index contributed by atoms with van der Waals surface area (Å²) in [7, 11) is 0. The minimum Gasteiger partial charge on any atom is -0.455 e. The van der Waals surface area contributed by atoms with Crippen LogP contribution in [0.2, 0.25) is 0 Å². The van der Waals surface area contributed by atoms with Gasteiger partial charge in [-0.1, -0.05) is 0 Å². The highest BCUT2D eigenvalue weighted by atomic mass is 19.1. The van der Waals surface area contributed by atoms with Gasteiger partial charge in [-0.15, -0.1) is 0 Å². The molecule has 0 radical (unpaired) electrons. The van der Waals surface area contributed by atoms with Crippen molar-refractivity contribution in [3.8, 4) is 11.3 Å². The zero-order valence-electron chi connectivity index (χ0n) is 13.0. The van der Waals surface area contributed by atoms with Crippen LogP contribution in [-0.2, 0) is 0 Å². The van der Waals surface area contributed by atoms with Crippen LogP contribution in [0, 0.1) is 5.82 Å². The van der Waals surface area contributed by atoms with E-state index in [1.807, 2.05) is 12.1 Å². The average Bonchev–Trinajstić information content (AvgIpc) is 2.96. The number of hydrogen-bond donors (Lipinski definition) is 0. The third kappa shape index (κ3) is 3.21. The third-order valence-electron chi connectivity index (χ3n) is 4.22. The van der Waals surface area contributed by atoms with Gasteiger partial charge < -0.3 is 4.42 Å². The number of nitrogens with zero attached hydrogens (tertiary/aromatic N) is 2. The highest BCUT2D eigenvalue weighted by molar-refractivity contribution is 5.77. The van der Waals surface area contributed by atoms with E-state index >= 15 is 0 Å². The van der Waals surface area contributed by atoms with Gasteiger partial charge in [0.25, 0.3) is 0 Å². The van der Waals surface area contributed by atoms with Gasteiger partial charge in [-0.05, 0) is 69.5 Å². The molecule has 1 aliphatic rings. The van der Waals surface area contributed by atoms with E-state index in [2.05, 4.69) is 24.0 Å². The normalized spacial score (nSPS) is 22.4. The first-order valence-electron chi connectivity index (χ1n) is 7.81. The summed E-state index contributed by atoms with van der Waals surface area (Å²) in [4.78, 5) is 0. The second kappa shape index (κ2) is 6.34. The van der Waals surface area contributed by atoms with Crippen LogP contribution in [-0.4, -0.2) is 23.3 Å². The van der Waals surface area contributed by atoms with Crippen molar-refractivity contribution in [3.63, 3.8) is 0 Å². The van der Waals surface area contributed by atoms with Gasteiger partial charge in [-0.2, -0.15) is 5.10 Å². The Morgan fingerprint density at radius 2 is 1.77 bits per heavy atom. The van der Waals surface area contributed by atoms with Crippen LogP contribution in [0.5, 0.6) is 0 Å². The molecule has 2 heterocycles. The molecule has 0 aliphatic carbocycles. The van der Waals surface area contributed by atoms with Crippen LogP contribution in [0.3, 0.4) is 0 Å². The lowest BCUT2D eigenvalue weighted by Gasteiger charge is -2.36. The summed E-state index contributed by atoms with van der Waals surface area (Å²) < 4.78 is 18.7. The van der Waals surface area contributed by atoms with Gasteiger partial charge in [-0.3, -0.25) is 5.01 Å². The fourth-order valence-electron chi connectivity index (χ4n) is 2.95. The highest BCUT2D eigenvalue weighted by Gasteiger charge is 2.22. The van der Waals surface area contributed by atoms with Gasteiger partial charge in [0, 0.05) is 17.6 Å². The minimum absolute atomic E-state index is 0.245. The molecule has 1 aromatic heterocycles. The van der Waals surface area contributed by atoms with E-state index in [0.717, 1.165) is 11.3 Å². The zero-order chi connectivity index (χ0) is 15.5. The first-order chi connectivity index (χ1) is 10.6. The average molecular weight is 300 g/mol. The maximum atomic E-state index is 13.0. The molecule has 3 rings (SSSR count). The first-order valence-corrected chi connectivity index (χ1v) is 7.81. The molecule has 2 atom stereocenters. The molecular weight excluding hydrogens is 279 g/mol. The van der Waals surface area contributed by atoms with Crippen molar-refractivity contribution in [2.75, 3.05) is 0 Å². The molecule has 0 amide bonds. The molecule has 2 unspecified atom stereocenters. The summed E-state index contributed by atoms with van der Waals surface area (Å²) in [5.74, 6) is 1.19. The van der Waals surface area contributed by atoms with E-state index in [4.69, 9.17) is 4.42 Å². The van der Waals surface area contributed by atoms with Gasteiger partial charge in [-0.25, -0.2) is 4.39 Å². The molecular formula is C18H21FN2O. The van der Waals surface area contributed by atoms with Crippen molar-refractivity contribution in [1.82, 2.24) is 5.01 Å². The number of hydrogen-bond acceptors (Lipinski definition) is 3. The van der Waals surface area contributed by atoms with Gasteiger partial charge in [0.1, 0.15) is 17.3 Å². The Morgan fingerprint density at radius 1 is 1.09 bits per heavy atom. The zero-order valence-corrected chi connectivity index (χ0v) is 13.0. The summed E-state index contributed by atoms with van der Waals surface area (Å²) in [6, 6.07) is 11.0. The van der Waals surface area contributed by atoms with E-state index in [1.54, 1.807) is 18.3 Å². The Kier molecular flexibility index (Phi) is 4.27. The Bertz CT molecular complexity index is 637. The second-order valence-electron chi connectivity index (χ2n) is 5.96. The molecule has 0 saturated carbocycles. The number of benzene rings is 1. The van der Waals surface area contributed by atoms with Crippen molar-refractivity contribution in [2.24, 2.45) is 5.10 Å². The molecule has 22 heavy (non-hydrogen) atoms. The third-order valence-corrected chi connectivity index (χ3v) is 4.22. The van der Waals surface area contributed by atoms with Crippen molar-refractivity contribution >= 4 is 6.21 Å². The van der Waals surface area contributed by atoms with Crippen LogP contribution in [0.15, 0.2) is 45.9 Å². The quantitative estimate of drug-likeness (QED) is 0.770. The van der Waals surface area contributed by atoms with Crippen LogP contribution >= 0.6 is 0 Å². The van der Waals surface area contributed by atoms with Crippen molar-refractivity contribution in [2.45, 2.75) is 45.2 Å². The Morgan fingerprint density at radius 3 is 2.45 bits per heavy atom. The summed E-state index contributed by atoms with van der Waals surface area (Å²) in [6.45, 7) is 4.41. The lowest BCUT2D eigenvalue weighted by atomic mass is 10.00. The lowest BCUT2D eigenvalue weighted by molar-refractivity contribution is 0.109. The molecule has 1 fully saturated rings. The highest BCUT2D eigenvalue weighted by Crippen LogP contribution is 2.24. The maximum absolute atomic E-state index is 13.0. The lowest BCUT2D eigenvalue weighted by Crippen LogP contribution is -2.39. The van der Waals surface area contributed by atoms with Crippen molar-refractivity contribution < 1.29 is 8.81 Å². The van der Waals surface area contributed by atoms with Gasteiger partial charge in [0.05, 0.1) is 6.21 Å². The number of halogens is 1. The van der Waals surface area contributed by atoms with Gasteiger partial charge in [0.15, 0.2) is 0 Å². The number of furan rings is 1. The molecule has 0 bridgehead atoms.